The van der Waals surface area contributed by atoms with Gasteiger partial charge < -0.3 is 10.6 Å². The number of nitrogens with zero attached hydrogens (tertiary/aromatic N) is 1. The molecule has 2 rings (SSSR count). The van der Waals surface area contributed by atoms with E-state index in [1.807, 2.05) is 24.3 Å². The SMILES string of the molecule is CNC(=O)CCNC(=O)c1cnc(Cl)c2ccccc12. The van der Waals surface area contributed by atoms with Crippen LogP contribution in [0.25, 0.3) is 10.8 Å². The zero-order valence-corrected chi connectivity index (χ0v) is 11.7. The lowest BCUT2D eigenvalue weighted by atomic mass is 10.1. The van der Waals surface area contributed by atoms with Crippen LogP contribution < -0.4 is 10.6 Å². The third kappa shape index (κ3) is 3.05. The Labute approximate surface area is 121 Å². The fraction of sp³-hybridized carbons (Fsp3) is 0.214. The van der Waals surface area contributed by atoms with Gasteiger partial charge in [0.05, 0.1) is 5.56 Å². The van der Waals surface area contributed by atoms with Crippen molar-refractivity contribution in [1.29, 1.82) is 0 Å². The van der Waals surface area contributed by atoms with E-state index in [1.165, 1.54) is 6.20 Å². The summed E-state index contributed by atoms with van der Waals surface area (Å²) in [4.78, 5) is 27.2. The van der Waals surface area contributed by atoms with Crippen molar-refractivity contribution in [1.82, 2.24) is 15.6 Å². The number of fused-ring (bicyclic) bond motifs is 1. The highest BCUT2D eigenvalue weighted by atomic mass is 35.5. The second-order valence-electron chi connectivity index (χ2n) is 4.19. The van der Waals surface area contributed by atoms with Gasteiger partial charge in [0.1, 0.15) is 5.15 Å². The molecular formula is C14H14ClN3O2. The Hall–Kier alpha value is -2.14. The summed E-state index contributed by atoms with van der Waals surface area (Å²) in [5, 5.41) is 7.02. The second kappa shape index (κ2) is 6.34. The molecule has 0 fully saturated rings. The number of nitrogens with one attached hydrogen (secondary N) is 2. The summed E-state index contributed by atoms with van der Waals surface area (Å²) < 4.78 is 0. The number of pyridine rings is 1. The lowest BCUT2D eigenvalue weighted by Gasteiger charge is -2.08. The summed E-state index contributed by atoms with van der Waals surface area (Å²) in [5.41, 5.74) is 0.446. The van der Waals surface area contributed by atoms with E-state index in [-0.39, 0.29) is 24.8 Å². The molecule has 5 nitrogen and oxygen atoms in total. The van der Waals surface area contributed by atoms with Crippen LogP contribution in [0.15, 0.2) is 30.5 Å². The van der Waals surface area contributed by atoms with Gasteiger partial charge in [0.2, 0.25) is 5.91 Å². The van der Waals surface area contributed by atoms with Gasteiger partial charge >= 0.3 is 0 Å². The minimum atomic E-state index is -0.269. The molecule has 2 N–H and O–H groups in total. The quantitative estimate of drug-likeness (QED) is 0.843. The van der Waals surface area contributed by atoms with E-state index in [2.05, 4.69) is 15.6 Å². The number of carbonyl (C=O) groups excluding carboxylic acids is 2. The van der Waals surface area contributed by atoms with Crippen LogP contribution >= 0.6 is 11.6 Å². The Kier molecular flexibility index (Phi) is 4.53. The molecule has 0 aliphatic carbocycles. The van der Waals surface area contributed by atoms with Gasteiger partial charge in [-0.05, 0) is 5.39 Å². The Morgan fingerprint density at radius 3 is 2.65 bits per heavy atom. The lowest BCUT2D eigenvalue weighted by molar-refractivity contribution is -0.120. The van der Waals surface area contributed by atoms with E-state index >= 15 is 0 Å². The third-order valence-electron chi connectivity index (χ3n) is 2.91. The van der Waals surface area contributed by atoms with E-state index in [0.29, 0.717) is 10.7 Å². The highest BCUT2D eigenvalue weighted by molar-refractivity contribution is 6.34. The average Bonchev–Trinajstić information content (AvgIpc) is 2.47. The summed E-state index contributed by atoms with van der Waals surface area (Å²) in [7, 11) is 1.56. The summed E-state index contributed by atoms with van der Waals surface area (Å²) in [6.45, 7) is 0.273. The van der Waals surface area contributed by atoms with E-state index in [4.69, 9.17) is 11.6 Å². The molecule has 1 aromatic carbocycles. The number of halogens is 1. The molecule has 0 aliphatic rings. The van der Waals surface area contributed by atoms with Crippen LogP contribution in [0.5, 0.6) is 0 Å². The first-order chi connectivity index (χ1) is 9.63. The zero-order valence-electron chi connectivity index (χ0n) is 10.9. The van der Waals surface area contributed by atoms with Crippen molar-refractivity contribution in [2.24, 2.45) is 0 Å². The van der Waals surface area contributed by atoms with Crippen LogP contribution in [0.2, 0.25) is 5.15 Å². The number of aromatic nitrogens is 1. The van der Waals surface area contributed by atoms with Crippen LogP contribution in [0.1, 0.15) is 16.8 Å². The number of carbonyl (C=O) groups is 2. The standard InChI is InChI=1S/C14H14ClN3O2/c1-16-12(19)6-7-17-14(20)11-8-18-13(15)10-5-3-2-4-9(10)11/h2-5,8H,6-7H2,1H3,(H,16,19)(H,17,20). The molecule has 0 aliphatic heterocycles. The molecule has 0 bridgehead atoms. The molecule has 104 valence electrons. The van der Waals surface area contributed by atoms with E-state index < -0.39 is 0 Å². The number of rotatable bonds is 4. The summed E-state index contributed by atoms with van der Waals surface area (Å²) in [6.07, 6.45) is 1.68. The molecule has 0 saturated heterocycles. The first-order valence-electron chi connectivity index (χ1n) is 6.15. The molecule has 2 amide bonds. The van der Waals surface area contributed by atoms with Gasteiger partial charge in [-0.3, -0.25) is 9.59 Å². The van der Waals surface area contributed by atoms with Gasteiger partial charge in [-0.15, -0.1) is 0 Å². The van der Waals surface area contributed by atoms with Crippen molar-refractivity contribution in [2.75, 3.05) is 13.6 Å². The molecule has 2 aromatic rings. The molecule has 0 spiro atoms. The fourth-order valence-corrected chi connectivity index (χ4v) is 2.06. The number of hydrogen-bond acceptors (Lipinski definition) is 3. The van der Waals surface area contributed by atoms with Crippen LogP contribution in [-0.4, -0.2) is 30.4 Å². The van der Waals surface area contributed by atoms with Gasteiger partial charge in [0.15, 0.2) is 0 Å². The highest BCUT2D eigenvalue weighted by Gasteiger charge is 2.12. The van der Waals surface area contributed by atoms with Crippen LogP contribution in [0.4, 0.5) is 0 Å². The van der Waals surface area contributed by atoms with Crippen molar-refractivity contribution in [3.8, 4) is 0 Å². The normalized spacial score (nSPS) is 10.3. The maximum atomic E-state index is 12.1. The number of hydrogen-bond donors (Lipinski definition) is 2. The predicted molar refractivity (Wildman–Crippen MR) is 77.8 cm³/mol. The summed E-state index contributed by atoms with van der Waals surface area (Å²) in [6, 6.07) is 7.30. The first kappa shape index (κ1) is 14.3. The average molecular weight is 292 g/mol. The van der Waals surface area contributed by atoms with E-state index in [9.17, 15) is 9.59 Å². The highest BCUT2D eigenvalue weighted by Crippen LogP contribution is 2.23. The van der Waals surface area contributed by atoms with E-state index in [0.717, 1.165) is 10.8 Å². The Morgan fingerprint density at radius 2 is 1.95 bits per heavy atom. The number of amides is 2. The van der Waals surface area contributed by atoms with Gasteiger partial charge in [0.25, 0.3) is 5.91 Å². The molecule has 1 heterocycles. The maximum Gasteiger partial charge on any atom is 0.253 e. The smallest absolute Gasteiger partial charge is 0.253 e. The minimum Gasteiger partial charge on any atom is -0.359 e. The van der Waals surface area contributed by atoms with Gasteiger partial charge in [-0.25, -0.2) is 4.98 Å². The number of benzene rings is 1. The zero-order chi connectivity index (χ0) is 14.5. The fourth-order valence-electron chi connectivity index (χ4n) is 1.85. The maximum absolute atomic E-state index is 12.1. The minimum absolute atomic E-state index is 0.121. The summed E-state index contributed by atoms with van der Waals surface area (Å²) in [5.74, 6) is -0.390. The monoisotopic (exact) mass is 291 g/mol. The molecule has 0 radical (unpaired) electrons. The second-order valence-corrected chi connectivity index (χ2v) is 4.55. The van der Waals surface area contributed by atoms with Crippen molar-refractivity contribution < 1.29 is 9.59 Å². The summed E-state index contributed by atoms with van der Waals surface area (Å²) >= 11 is 6.00. The van der Waals surface area contributed by atoms with Crippen molar-refractivity contribution in [3.63, 3.8) is 0 Å². The van der Waals surface area contributed by atoms with Crippen LogP contribution in [-0.2, 0) is 4.79 Å². The van der Waals surface area contributed by atoms with Gasteiger partial charge in [-0.1, -0.05) is 35.9 Å². The van der Waals surface area contributed by atoms with E-state index in [1.54, 1.807) is 7.05 Å². The topological polar surface area (TPSA) is 71.1 Å². The van der Waals surface area contributed by atoms with Gasteiger partial charge in [0, 0.05) is 31.6 Å². The van der Waals surface area contributed by atoms with Crippen LogP contribution in [0.3, 0.4) is 0 Å². The van der Waals surface area contributed by atoms with Crippen molar-refractivity contribution in [3.05, 3.63) is 41.2 Å². The predicted octanol–water partition coefficient (Wildman–Crippen LogP) is 1.75. The molecule has 1 aromatic heterocycles. The molecule has 20 heavy (non-hydrogen) atoms. The third-order valence-corrected chi connectivity index (χ3v) is 3.21. The van der Waals surface area contributed by atoms with Crippen molar-refractivity contribution >= 4 is 34.2 Å². The molecule has 0 unspecified atom stereocenters. The Morgan fingerprint density at radius 1 is 1.25 bits per heavy atom. The largest absolute Gasteiger partial charge is 0.359 e. The molecule has 6 heteroatoms. The van der Waals surface area contributed by atoms with Crippen LogP contribution in [0, 0.1) is 0 Å². The van der Waals surface area contributed by atoms with Crippen molar-refractivity contribution in [2.45, 2.75) is 6.42 Å². The molecule has 0 saturated carbocycles. The Balaban J connectivity index is 2.18. The lowest BCUT2D eigenvalue weighted by Crippen LogP contribution is -2.29. The first-order valence-corrected chi connectivity index (χ1v) is 6.53. The Bertz CT molecular complexity index is 658. The molecule has 0 atom stereocenters. The van der Waals surface area contributed by atoms with Gasteiger partial charge in [-0.2, -0.15) is 0 Å². The molecular weight excluding hydrogens is 278 g/mol.